The van der Waals surface area contributed by atoms with Crippen LogP contribution in [0.25, 0.3) is 5.65 Å². The Balaban J connectivity index is 1.49. The molecule has 0 bridgehead atoms. The predicted molar refractivity (Wildman–Crippen MR) is 115 cm³/mol. The van der Waals surface area contributed by atoms with Crippen molar-refractivity contribution in [3.63, 3.8) is 0 Å². The molecule has 1 aliphatic heterocycles. The molecule has 1 fully saturated rings. The highest BCUT2D eigenvalue weighted by Crippen LogP contribution is 2.19. The van der Waals surface area contributed by atoms with E-state index in [0.29, 0.717) is 23.6 Å². The highest BCUT2D eigenvalue weighted by molar-refractivity contribution is 7.90. The van der Waals surface area contributed by atoms with Gasteiger partial charge in [0.15, 0.2) is 0 Å². The molecule has 1 aliphatic rings. The predicted octanol–water partition coefficient (Wildman–Crippen LogP) is 3.18. The SMILES string of the molecule is CN1CCCCC/C1=N\S(=O)(=O)c1ccc(NC(=O)c2cn3ccccc3n2)cc1. The zero-order valence-electron chi connectivity index (χ0n) is 16.7. The number of nitrogens with zero attached hydrogens (tertiary/aromatic N) is 4. The molecule has 2 aromatic heterocycles. The van der Waals surface area contributed by atoms with Crippen molar-refractivity contribution in [1.82, 2.24) is 14.3 Å². The fraction of sp³-hybridized carbons (Fsp3) is 0.286. The van der Waals surface area contributed by atoms with Gasteiger partial charge in [0.2, 0.25) is 0 Å². The Labute approximate surface area is 175 Å². The van der Waals surface area contributed by atoms with Gasteiger partial charge in [0.05, 0.1) is 4.90 Å². The van der Waals surface area contributed by atoms with Crippen molar-refractivity contribution in [1.29, 1.82) is 0 Å². The minimum atomic E-state index is -3.81. The number of nitrogens with one attached hydrogen (secondary N) is 1. The summed E-state index contributed by atoms with van der Waals surface area (Å²) in [6.07, 6.45) is 7.16. The molecule has 0 aliphatic carbocycles. The number of aromatic nitrogens is 2. The summed E-state index contributed by atoms with van der Waals surface area (Å²) in [6.45, 7) is 0.808. The van der Waals surface area contributed by atoms with Gasteiger partial charge in [-0.1, -0.05) is 12.5 Å². The first kappa shape index (κ1) is 20.1. The summed E-state index contributed by atoms with van der Waals surface area (Å²) >= 11 is 0. The zero-order chi connectivity index (χ0) is 21.1. The van der Waals surface area contributed by atoms with Crippen molar-refractivity contribution in [2.24, 2.45) is 4.40 Å². The third-order valence-corrected chi connectivity index (χ3v) is 6.39. The lowest BCUT2D eigenvalue weighted by atomic mass is 10.2. The number of carbonyl (C=O) groups is 1. The summed E-state index contributed by atoms with van der Waals surface area (Å²) in [5, 5.41) is 2.74. The fourth-order valence-corrected chi connectivity index (χ4v) is 4.48. The third kappa shape index (κ3) is 4.35. The standard InChI is InChI=1S/C21H23N5O3S/c1-25-13-5-2-3-8-20(25)24-30(28,29)17-11-9-16(10-12-17)22-21(27)18-15-26-14-6-4-7-19(26)23-18/h4,6-7,9-12,14-15H,2-3,5,8,13H2,1H3,(H,22,27)/b24-20+. The number of fused-ring (bicyclic) bond motifs is 1. The summed E-state index contributed by atoms with van der Waals surface area (Å²) in [4.78, 5) is 18.7. The van der Waals surface area contributed by atoms with E-state index in [-0.39, 0.29) is 16.5 Å². The average molecular weight is 426 g/mol. The number of anilines is 1. The molecule has 3 heterocycles. The van der Waals surface area contributed by atoms with E-state index in [9.17, 15) is 13.2 Å². The summed E-state index contributed by atoms with van der Waals surface area (Å²) in [7, 11) is -1.93. The number of pyridine rings is 1. The van der Waals surface area contributed by atoms with E-state index in [1.54, 1.807) is 22.7 Å². The van der Waals surface area contributed by atoms with Crippen LogP contribution in [0.15, 0.2) is 64.2 Å². The molecule has 0 unspecified atom stereocenters. The van der Waals surface area contributed by atoms with Gasteiger partial charge in [0.1, 0.15) is 17.2 Å². The first-order chi connectivity index (χ1) is 14.4. The van der Waals surface area contributed by atoms with Crippen LogP contribution in [0.3, 0.4) is 0 Å². The van der Waals surface area contributed by atoms with Gasteiger partial charge in [-0.3, -0.25) is 4.79 Å². The molecule has 1 amide bonds. The molecule has 3 aromatic rings. The van der Waals surface area contributed by atoms with Gasteiger partial charge in [-0.2, -0.15) is 8.42 Å². The van der Waals surface area contributed by atoms with E-state index in [2.05, 4.69) is 14.7 Å². The molecule has 0 saturated carbocycles. The van der Waals surface area contributed by atoms with Crippen LogP contribution >= 0.6 is 0 Å². The maximum absolute atomic E-state index is 12.7. The van der Waals surface area contributed by atoms with Crippen LogP contribution in [0.4, 0.5) is 5.69 Å². The van der Waals surface area contributed by atoms with Crippen LogP contribution in [0, 0.1) is 0 Å². The number of rotatable bonds is 4. The number of likely N-dealkylation sites (tertiary alicyclic amines) is 1. The van der Waals surface area contributed by atoms with Gasteiger partial charge in [0.25, 0.3) is 15.9 Å². The van der Waals surface area contributed by atoms with Crippen LogP contribution in [0.5, 0.6) is 0 Å². The average Bonchev–Trinajstić information content (AvgIpc) is 3.07. The second kappa shape index (κ2) is 8.27. The number of benzene rings is 1. The summed E-state index contributed by atoms with van der Waals surface area (Å²) < 4.78 is 31.2. The minimum Gasteiger partial charge on any atom is -0.362 e. The maximum Gasteiger partial charge on any atom is 0.283 e. The molecule has 4 rings (SSSR count). The number of amidine groups is 1. The second-order valence-corrected chi connectivity index (χ2v) is 8.89. The first-order valence-electron chi connectivity index (χ1n) is 9.82. The lowest BCUT2D eigenvalue weighted by Crippen LogP contribution is -2.26. The monoisotopic (exact) mass is 425 g/mol. The molecule has 0 spiro atoms. The summed E-state index contributed by atoms with van der Waals surface area (Å²) in [5.74, 6) is 0.228. The van der Waals surface area contributed by atoms with Crippen molar-refractivity contribution in [3.8, 4) is 0 Å². The number of hydrogen-bond acceptors (Lipinski definition) is 4. The number of carbonyl (C=O) groups excluding carboxylic acids is 1. The van der Waals surface area contributed by atoms with Crippen LogP contribution in [-0.2, 0) is 10.0 Å². The van der Waals surface area contributed by atoms with Crippen molar-refractivity contribution < 1.29 is 13.2 Å². The number of hydrogen-bond donors (Lipinski definition) is 1. The van der Waals surface area contributed by atoms with Crippen LogP contribution in [-0.4, -0.2) is 48.0 Å². The second-order valence-electron chi connectivity index (χ2n) is 7.29. The Morgan fingerprint density at radius 2 is 1.90 bits per heavy atom. The Morgan fingerprint density at radius 3 is 2.67 bits per heavy atom. The minimum absolute atomic E-state index is 0.0957. The van der Waals surface area contributed by atoms with Gasteiger partial charge in [0, 0.05) is 38.1 Å². The Bertz CT molecular complexity index is 1170. The lowest BCUT2D eigenvalue weighted by molar-refractivity contribution is 0.102. The highest BCUT2D eigenvalue weighted by atomic mass is 32.2. The third-order valence-electron chi connectivity index (χ3n) is 5.07. The number of sulfonamides is 1. The fourth-order valence-electron chi connectivity index (χ4n) is 3.38. The molecule has 1 saturated heterocycles. The van der Waals surface area contributed by atoms with Gasteiger partial charge < -0.3 is 14.6 Å². The molecule has 8 nitrogen and oxygen atoms in total. The number of imidazole rings is 1. The highest BCUT2D eigenvalue weighted by Gasteiger charge is 2.18. The molecule has 1 N–H and O–H groups in total. The first-order valence-corrected chi connectivity index (χ1v) is 11.3. The van der Waals surface area contributed by atoms with Crippen LogP contribution in [0.2, 0.25) is 0 Å². The number of amides is 1. The van der Waals surface area contributed by atoms with E-state index in [1.165, 1.54) is 12.1 Å². The topological polar surface area (TPSA) is 96.1 Å². The van der Waals surface area contributed by atoms with Crippen molar-refractivity contribution in [2.75, 3.05) is 18.9 Å². The Morgan fingerprint density at radius 1 is 1.10 bits per heavy atom. The van der Waals surface area contributed by atoms with E-state index in [1.807, 2.05) is 36.3 Å². The molecule has 9 heteroatoms. The molecular formula is C21H23N5O3S. The zero-order valence-corrected chi connectivity index (χ0v) is 17.5. The molecular weight excluding hydrogens is 402 g/mol. The van der Waals surface area contributed by atoms with Crippen LogP contribution in [0.1, 0.15) is 36.2 Å². The molecule has 0 radical (unpaired) electrons. The van der Waals surface area contributed by atoms with Crippen molar-refractivity contribution >= 4 is 33.1 Å². The molecule has 0 atom stereocenters. The van der Waals surface area contributed by atoms with Gasteiger partial charge in [-0.05, 0) is 49.2 Å². The van der Waals surface area contributed by atoms with Crippen molar-refractivity contribution in [3.05, 3.63) is 60.6 Å². The van der Waals surface area contributed by atoms with E-state index < -0.39 is 10.0 Å². The normalized spacial score (nSPS) is 16.6. The quantitative estimate of drug-likeness (QED) is 0.693. The van der Waals surface area contributed by atoms with Gasteiger partial charge in [-0.25, -0.2) is 4.98 Å². The Kier molecular flexibility index (Phi) is 5.54. The smallest absolute Gasteiger partial charge is 0.283 e. The lowest BCUT2D eigenvalue weighted by Gasteiger charge is -2.17. The van der Waals surface area contributed by atoms with Gasteiger partial charge in [-0.15, -0.1) is 4.40 Å². The van der Waals surface area contributed by atoms with Gasteiger partial charge >= 0.3 is 0 Å². The van der Waals surface area contributed by atoms with E-state index in [4.69, 9.17) is 0 Å². The summed E-state index contributed by atoms with van der Waals surface area (Å²) in [6, 6.07) is 11.5. The molecule has 1 aromatic carbocycles. The Hall–Kier alpha value is -3.20. The van der Waals surface area contributed by atoms with E-state index in [0.717, 1.165) is 25.8 Å². The maximum atomic E-state index is 12.7. The van der Waals surface area contributed by atoms with Crippen LogP contribution < -0.4 is 5.32 Å². The van der Waals surface area contributed by atoms with E-state index >= 15 is 0 Å². The van der Waals surface area contributed by atoms with Crippen molar-refractivity contribution in [2.45, 2.75) is 30.6 Å². The molecule has 30 heavy (non-hydrogen) atoms. The molecule has 156 valence electrons. The summed E-state index contributed by atoms with van der Waals surface area (Å²) in [5.41, 5.74) is 1.43. The largest absolute Gasteiger partial charge is 0.362 e.